The Kier molecular flexibility index (Phi) is 3.91. The van der Waals surface area contributed by atoms with Gasteiger partial charge in [0, 0.05) is 23.4 Å². The molecule has 0 spiro atoms. The number of anilines is 1. The van der Waals surface area contributed by atoms with E-state index >= 15 is 0 Å². The second kappa shape index (κ2) is 5.53. The van der Waals surface area contributed by atoms with Crippen molar-refractivity contribution in [2.45, 2.75) is 23.9 Å². The van der Waals surface area contributed by atoms with E-state index in [1.165, 1.54) is 15.7 Å². The molecule has 1 unspecified atom stereocenters. The highest BCUT2D eigenvalue weighted by atomic mass is 32.2. The SMILES string of the molecule is NNc1nc2sccn2c1S(=O)(=O)NC1CCCSC1. The van der Waals surface area contributed by atoms with Gasteiger partial charge in [0.15, 0.2) is 10.8 Å². The molecule has 1 aliphatic heterocycles. The molecule has 1 aliphatic rings. The summed E-state index contributed by atoms with van der Waals surface area (Å²) in [6, 6.07) is -0.0337. The number of aromatic nitrogens is 2. The van der Waals surface area contributed by atoms with E-state index in [1.54, 1.807) is 23.3 Å². The summed E-state index contributed by atoms with van der Waals surface area (Å²) in [4.78, 5) is 4.77. The zero-order chi connectivity index (χ0) is 14.2. The Labute approximate surface area is 125 Å². The third-order valence-corrected chi connectivity index (χ3v) is 6.61. The van der Waals surface area contributed by atoms with Crippen molar-refractivity contribution in [1.82, 2.24) is 14.1 Å². The molecule has 0 aromatic carbocycles. The lowest BCUT2D eigenvalue weighted by molar-refractivity contribution is 0.540. The maximum Gasteiger partial charge on any atom is 0.260 e. The topological polar surface area (TPSA) is 102 Å². The smallest absolute Gasteiger partial charge is 0.260 e. The van der Waals surface area contributed by atoms with Gasteiger partial charge in [-0.3, -0.25) is 4.40 Å². The molecule has 7 nitrogen and oxygen atoms in total. The molecule has 3 heterocycles. The fourth-order valence-corrected chi connectivity index (χ4v) is 5.69. The van der Waals surface area contributed by atoms with Gasteiger partial charge in [0.05, 0.1) is 0 Å². The molecule has 2 aromatic heterocycles. The van der Waals surface area contributed by atoms with Crippen molar-refractivity contribution in [3.8, 4) is 0 Å². The summed E-state index contributed by atoms with van der Waals surface area (Å²) in [6.07, 6.45) is 3.57. The molecule has 2 aromatic rings. The van der Waals surface area contributed by atoms with Crippen LogP contribution in [0.5, 0.6) is 0 Å². The molecule has 0 radical (unpaired) electrons. The lowest BCUT2D eigenvalue weighted by Crippen LogP contribution is -2.39. The second-order valence-electron chi connectivity index (χ2n) is 4.50. The van der Waals surface area contributed by atoms with Crippen LogP contribution in [0.4, 0.5) is 5.82 Å². The molecular weight excluding hydrogens is 318 g/mol. The summed E-state index contributed by atoms with van der Waals surface area (Å²) in [6.45, 7) is 0. The first-order valence-corrected chi connectivity index (χ1v) is 9.66. The lowest BCUT2D eigenvalue weighted by atomic mass is 10.2. The zero-order valence-corrected chi connectivity index (χ0v) is 13.0. The average Bonchev–Trinajstić information content (AvgIpc) is 2.98. The van der Waals surface area contributed by atoms with Gasteiger partial charge < -0.3 is 5.43 Å². The van der Waals surface area contributed by atoms with Gasteiger partial charge in [-0.25, -0.2) is 19.0 Å². The molecule has 0 bridgehead atoms. The Balaban J connectivity index is 1.97. The zero-order valence-electron chi connectivity index (χ0n) is 10.6. The van der Waals surface area contributed by atoms with Gasteiger partial charge >= 0.3 is 0 Å². The maximum absolute atomic E-state index is 12.6. The highest BCUT2D eigenvalue weighted by Gasteiger charge is 2.29. The van der Waals surface area contributed by atoms with Crippen LogP contribution in [-0.2, 0) is 10.0 Å². The van der Waals surface area contributed by atoms with Gasteiger partial charge in [-0.1, -0.05) is 0 Å². The molecule has 10 heteroatoms. The number of fused-ring (bicyclic) bond motifs is 1. The van der Waals surface area contributed by atoms with Crippen molar-refractivity contribution in [1.29, 1.82) is 0 Å². The Morgan fingerprint density at radius 2 is 2.35 bits per heavy atom. The van der Waals surface area contributed by atoms with Gasteiger partial charge in [-0.2, -0.15) is 16.7 Å². The van der Waals surface area contributed by atoms with Crippen molar-refractivity contribution < 1.29 is 8.42 Å². The number of thiazole rings is 1. The number of hydrogen-bond acceptors (Lipinski definition) is 7. The van der Waals surface area contributed by atoms with E-state index in [0.717, 1.165) is 24.3 Å². The molecule has 0 amide bonds. The van der Waals surface area contributed by atoms with E-state index in [1.807, 2.05) is 0 Å². The van der Waals surface area contributed by atoms with Gasteiger partial charge in [0.1, 0.15) is 0 Å². The van der Waals surface area contributed by atoms with Crippen LogP contribution in [0.2, 0.25) is 0 Å². The molecule has 110 valence electrons. The number of thioether (sulfide) groups is 1. The third kappa shape index (κ3) is 2.53. The number of nitrogen functional groups attached to an aromatic ring is 1. The standard InChI is InChI=1S/C10H15N5O2S3/c11-13-8-9(15-3-5-19-10(15)12-8)20(16,17)14-7-2-1-4-18-6-7/h3,5,7,13-14H,1-2,4,6,11H2. The summed E-state index contributed by atoms with van der Waals surface area (Å²) >= 11 is 3.13. The van der Waals surface area contributed by atoms with E-state index in [4.69, 9.17) is 5.84 Å². The van der Waals surface area contributed by atoms with Crippen LogP contribution >= 0.6 is 23.1 Å². The van der Waals surface area contributed by atoms with Crippen molar-refractivity contribution >= 4 is 43.9 Å². The largest absolute Gasteiger partial charge is 0.306 e. The summed E-state index contributed by atoms with van der Waals surface area (Å²) in [5.41, 5.74) is 2.36. The number of nitrogens with zero attached hydrogens (tertiary/aromatic N) is 2. The van der Waals surface area contributed by atoms with Crippen LogP contribution in [0, 0.1) is 0 Å². The average molecular weight is 333 g/mol. The summed E-state index contributed by atoms with van der Waals surface area (Å²) in [7, 11) is -3.65. The van der Waals surface area contributed by atoms with Crippen molar-refractivity contribution in [3.05, 3.63) is 11.6 Å². The molecule has 1 atom stereocenters. The maximum atomic E-state index is 12.6. The molecule has 1 saturated heterocycles. The Morgan fingerprint density at radius 3 is 3.05 bits per heavy atom. The van der Waals surface area contributed by atoms with Gasteiger partial charge in [0.2, 0.25) is 5.03 Å². The van der Waals surface area contributed by atoms with Crippen molar-refractivity contribution in [3.63, 3.8) is 0 Å². The van der Waals surface area contributed by atoms with E-state index in [-0.39, 0.29) is 16.9 Å². The number of sulfonamides is 1. The Hall–Kier alpha value is -0.810. The molecule has 4 N–H and O–H groups in total. The monoisotopic (exact) mass is 333 g/mol. The lowest BCUT2D eigenvalue weighted by Gasteiger charge is -2.22. The Morgan fingerprint density at radius 1 is 1.50 bits per heavy atom. The minimum Gasteiger partial charge on any atom is -0.306 e. The number of nitrogens with two attached hydrogens (primary N) is 1. The first-order valence-electron chi connectivity index (χ1n) is 6.14. The molecule has 3 rings (SSSR count). The molecule has 0 saturated carbocycles. The number of nitrogens with one attached hydrogen (secondary N) is 2. The van der Waals surface area contributed by atoms with Crippen LogP contribution in [0.3, 0.4) is 0 Å². The number of rotatable bonds is 4. The fourth-order valence-electron chi connectivity index (χ4n) is 2.22. The normalized spacial score (nSPS) is 20.4. The minimum atomic E-state index is -3.65. The van der Waals surface area contributed by atoms with Gasteiger partial charge in [0.25, 0.3) is 10.0 Å². The first-order chi connectivity index (χ1) is 9.62. The van der Waals surface area contributed by atoms with Gasteiger partial charge in [-0.05, 0) is 18.6 Å². The van der Waals surface area contributed by atoms with Crippen molar-refractivity contribution in [2.75, 3.05) is 16.9 Å². The number of imidazole rings is 1. The molecule has 1 fully saturated rings. The molecule has 20 heavy (non-hydrogen) atoms. The third-order valence-electron chi connectivity index (χ3n) is 3.09. The Bertz CT molecular complexity index is 702. The van der Waals surface area contributed by atoms with E-state index in [9.17, 15) is 8.42 Å². The predicted octanol–water partition coefficient (Wildman–Crippen LogP) is 0.855. The second-order valence-corrected chi connectivity index (χ2v) is 8.15. The molecule has 0 aliphatic carbocycles. The van der Waals surface area contributed by atoms with E-state index in [0.29, 0.717) is 4.96 Å². The minimum absolute atomic E-state index is 0.0337. The van der Waals surface area contributed by atoms with Crippen LogP contribution < -0.4 is 16.0 Å². The van der Waals surface area contributed by atoms with Crippen LogP contribution in [0.15, 0.2) is 16.6 Å². The quantitative estimate of drug-likeness (QED) is 0.566. The van der Waals surface area contributed by atoms with Crippen molar-refractivity contribution in [2.24, 2.45) is 5.84 Å². The van der Waals surface area contributed by atoms with E-state index in [2.05, 4.69) is 15.1 Å². The fraction of sp³-hybridized carbons (Fsp3) is 0.500. The highest BCUT2D eigenvalue weighted by molar-refractivity contribution is 7.99. The van der Waals surface area contributed by atoms with Crippen LogP contribution in [-0.4, -0.2) is 35.4 Å². The first kappa shape index (κ1) is 14.1. The predicted molar refractivity (Wildman–Crippen MR) is 81.5 cm³/mol. The molecular formula is C10H15N5O2S3. The summed E-state index contributed by atoms with van der Waals surface area (Å²) in [5.74, 6) is 7.45. The number of hydrazine groups is 1. The number of hydrogen-bond donors (Lipinski definition) is 3. The van der Waals surface area contributed by atoms with Crippen LogP contribution in [0.1, 0.15) is 12.8 Å². The van der Waals surface area contributed by atoms with E-state index < -0.39 is 10.0 Å². The summed E-state index contributed by atoms with van der Waals surface area (Å²) in [5, 5.41) is 1.87. The van der Waals surface area contributed by atoms with Crippen LogP contribution in [0.25, 0.3) is 4.96 Å². The summed E-state index contributed by atoms with van der Waals surface area (Å²) < 4.78 is 29.5. The van der Waals surface area contributed by atoms with Gasteiger partial charge in [-0.15, -0.1) is 11.3 Å². The highest BCUT2D eigenvalue weighted by Crippen LogP contribution is 2.26.